The quantitative estimate of drug-likeness (QED) is 0.478. The van der Waals surface area contributed by atoms with E-state index in [0.29, 0.717) is 28.0 Å². The number of carbonyl (C=O) groups excluding carboxylic acids is 1. The van der Waals surface area contributed by atoms with Gasteiger partial charge in [0.2, 0.25) is 0 Å². The molecule has 0 saturated heterocycles. The van der Waals surface area contributed by atoms with Crippen molar-refractivity contribution < 1.29 is 9.21 Å². The van der Waals surface area contributed by atoms with Crippen LogP contribution in [0.4, 0.5) is 5.69 Å². The van der Waals surface area contributed by atoms with E-state index in [4.69, 9.17) is 4.42 Å². The average molecular weight is 420 g/mol. The Labute approximate surface area is 163 Å². The van der Waals surface area contributed by atoms with Crippen LogP contribution < -0.4 is 10.7 Å². The molecule has 0 spiro atoms. The third-order valence-corrected chi connectivity index (χ3v) is 4.68. The number of halogens is 1. The fraction of sp³-hybridized carbons (Fsp3) is 0. The average Bonchev–Trinajstić information content (AvgIpc) is 2.69. The van der Waals surface area contributed by atoms with Crippen LogP contribution in [0.3, 0.4) is 0 Å². The van der Waals surface area contributed by atoms with Crippen molar-refractivity contribution >= 4 is 38.5 Å². The van der Waals surface area contributed by atoms with Gasteiger partial charge < -0.3 is 9.73 Å². The zero-order valence-electron chi connectivity index (χ0n) is 14.1. The number of amides is 1. The van der Waals surface area contributed by atoms with Crippen molar-refractivity contribution in [1.29, 1.82) is 0 Å². The molecule has 5 heteroatoms. The lowest BCUT2D eigenvalue weighted by Gasteiger charge is -2.07. The second-order valence-electron chi connectivity index (χ2n) is 6.01. The number of hydrogen-bond acceptors (Lipinski definition) is 3. The van der Waals surface area contributed by atoms with E-state index in [1.165, 1.54) is 6.07 Å². The maximum Gasteiger partial charge on any atom is 0.255 e. The van der Waals surface area contributed by atoms with E-state index in [0.717, 1.165) is 10.0 Å². The van der Waals surface area contributed by atoms with E-state index >= 15 is 0 Å². The number of hydrogen-bond donors (Lipinski definition) is 1. The number of rotatable bonds is 3. The van der Waals surface area contributed by atoms with Crippen molar-refractivity contribution in [3.8, 4) is 11.3 Å². The maximum atomic E-state index is 12.5. The van der Waals surface area contributed by atoms with Gasteiger partial charge in [0.1, 0.15) is 11.3 Å². The predicted molar refractivity (Wildman–Crippen MR) is 110 cm³/mol. The molecule has 1 heterocycles. The highest BCUT2D eigenvalue weighted by atomic mass is 79.9. The summed E-state index contributed by atoms with van der Waals surface area (Å²) in [5.74, 6) is 0.270. The summed E-state index contributed by atoms with van der Waals surface area (Å²) in [6.45, 7) is 0. The van der Waals surface area contributed by atoms with Gasteiger partial charge in [-0.15, -0.1) is 0 Å². The molecule has 3 aromatic carbocycles. The van der Waals surface area contributed by atoms with E-state index in [1.807, 2.05) is 30.3 Å². The fourth-order valence-corrected chi connectivity index (χ4v) is 3.05. The first kappa shape index (κ1) is 17.2. The Balaban J connectivity index is 1.66. The molecule has 0 aliphatic heterocycles. The molecular formula is C22H14BrNO3. The van der Waals surface area contributed by atoms with Crippen molar-refractivity contribution in [2.24, 2.45) is 0 Å². The molecule has 4 nitrogen and oxygen atoms in total. The Morgan fingerprint density at radius 3 is 2.37 bits per heavy atom. The van der Waals surface area contributed by atoms with Gasteiger partial charge in [-0.25, -0.2) is 0 Å². The smallest absolute Gasteiger partial charge is 0.255 e. The fourth-order valence-electron chi connectivity index (χ4n) is 2.78. The van der Waals surface area contributed by atoms with Gasteiger partial charge in [-0.1, -0.05) is 46.3 Å². The molecule has 0 aliphatic rings. The Kier molecular flexibility index (Phi) is 4.60. The van der Waals surface area contributed by atoms with Crippen molar-refractivity contribution in [3.63, 3.8) is 0 Å². The minimum atomic E-state index is -0.243. The molecule has 4 aromatic rings. The van der Waals surface area contributed by atoms with Crippen LogP contribution in [0.1, 0.15) is 10.4 Å². The van der Waals surface area contributed by atoms with Crippen molar-refractivity contribution in [2.75, 3.05) is 5.32 Å². The minimum absolute atomic E-state index is 0.158. The van der Waals surface area contributed by atoms with E-state index in [9.17, 15) is 9.59 Å². The van der Waals surface area contributed by atoms with E-state index in [1.54, 1.807) is 42.5 Å². The second-order valence-corrected chi connectivity index (χ2v) is 6.93. The summed E-state index contributed by atoms with van der Waals surface area (Å²) in [4.78, 5) is 24.9. The second kappa shape index (κ2) is 7.21. The van der Waals surface area contributed by atoms with Crippen molar-refractivity contribution in [3.05, 3.63) is 99.1 Å². The predicted octanol–water partition coefficient (Wildman–Crippen LogP) is 5.47. The van der Waals surface area contributed by atoms with Gasteiger partial charge in [0.25, 0.3) is 5.91 Å². The molecule has 0 saturated carbocycles. The molecule has 1 N–H and O–H groups in total. The number of fused-ring (bicyclic) bond motifs is 1. The van der Waals surface area contributed by atoms with E-state index in [-0.39, 0.29) is 11.3 Å². The van der Waals surface area contributed by atoms with E-state index in [2.05, 4.69) is 21.2 Å². The van der Waals surface area contributed by atoms with Gasteiger partial charge in [0, 0.05) is 27.4 Å². The Hall–Kier alpha value is -3.18. The lowest BCUT2D eigenvalue weighted by Crippen LogP contribution is -2.12. The van der Waals surface area contributed by atoms with Crippen LogP contribution in [-0.2, 0) is 0 Å². The van der Waals surface area contributed by atoms with Gasteiger partial charge >= 0.3 is 0 Å². The minimum Gasteiger partial charge on any atom is -0.456 e. The third-order valence-electron chi connectivity index (χ3n) is 4.15. The standard InChI is InChI=1S/C22H14BrNO3/c23-16-8-6-15(7-9-16)22(26)24-17-10-11-20-18(12-17)19(25)13-21(27-20)14-4-2-1-3-5-14/h1-13H,(H,24,26). The molecular weight excluding hydrogens is 406 g/mol. The highest BCUT2D eigenvalue weighted by Gasteiger charge is 2.10. The van der Waals surface area contributed by atoms with Crippen LogP contribution in [0.5, 0.6) is 0 Å². The molecule has 132 valence electrons. The molecule has 0 radical (unpaired) electrons. The number of anilines is 1. The van der Waals surface area contributed by atoms with E-state index < -0.39 is 0 Å². The zero-order valence-corrected chi connectivity index (χ0v) is 15.7. The highest BCUT2D eigenvalue weighted by Crippen LogP contribution is 2.24. The van der Waals surface area contributed by atoms with Gasteiger partial charge in [-0.3, -0.25) is 9.59 Å². The normalized spacial score (nSPS) is 10.7. The SMILES string of the molecule is O=C(Nc1ccc2oc(-c3ccccc3)cc(=O)c2c1)c1ccc(Br)cc1. The van der Waals surface area contributed by atoms with Crippen LogP contribution in [-0.4, -0.2) is 5.91 Å². The number of benzene rings is 3. The third kappa shape index (κ3) is 3.68. The lowest BCUT2D eigenvalue weighted by atomic mass is 10.1. The summed E-state index contributed by atoms with van der Waals surface area (Å²) in [6.07, 6.45) is 0. The van der Waals surface area contributed by atoms with Crippen molar-refractivity contribution in [1.82, 2.24) is 0 Å². The molecule has 1 amide bonds. The Morgan fingerprint density at radius 2 is 1.63 bits per heavy atom. The van der Waals surface area contributed by atoms with Gasteiger partial charge in [0.15, 0.2) is 5.43 Å². The largest absolute Gasteiger partial charge is 0.456 e. The lowest BCUT2D eigenvalue weighted by molar-refractivity contribution is 0.102. The molecule has 0 bridgehead atoms. The first-order valence-corrected chi connectivity index (χ1v) is 9.10. The molecule has 0 atom stereocenters. The molecule has 0 unspecified atom stereocenters. The van der Waals surface area contributed by atoms with Crippen LogP contribution in [0.25, 0.3) is 22.3 Å². The summed E-state index contributed by atoms with van der Waals surface area (Å²) in [5.41, 5.74) is 2.22. The zero-order chi connectivity index (χ0) is 18.8. The Bertz CT molecular complexity index is 1180. The van der Waals surface area contributed by atoms with Crippen LogP contribution in [0.15, 0.2) is 92.5 Å². The molecule has 27 heavy (non-hydrogen) atoms. The number of nitrogens with one attached hydrogen (secondary N) is 1. The van der Waals surface area contributed by atoms with Gasteiger partial charge in [-0.2, -0.15) is 0 Å². The summed E-state index contributed by atoms with van der Waals surface area (Å²) in [5, 5.41) is 3.23. The first-order chi connectivity index (χ1) is 13.1. The Morgan fingerprint density at radius 1 is 0.889 bits per heavy atom. The molecule has 0 fully saturated rings. The van der Waals surface area contributed by atoms with Crippen LogP contribution in [0.2, 0.25) is 0 Å². The highest BCUT2D eigenvalue weighted by molar-refractivity contribution is 9.10. The summed E-state index contributed by atoms with van der Waals surface area (Å²) < 4.78 is 6.77. The molecule has 1 aromatic heterocycles. The van der Waals surface area contributed by atoms with Gasteiger partial charge in [0.05, 0.1) is 5.39 Å². The topological polar surface area (TPSA) is 59.3 Å². The maximum absolute atomic E-state index is 12.5. The summed E-state index contributed by atoms with van der Waals surface area (Å²) in [7, 11) is 0. The van der Waals surface area contributed by atoms with Crippen LogP contribution in [0, 0.1) is 0 Å². The summed E-state index contributed by atoms with van der Waals surface area (Å²) in [6, 6.07) is 23.0. The summed E-state index contributed by atoms with van der Waals surface area (Å²) >= 11 is 3.34. The molecule has 4 rings (SSSR count). The first-order valence-electron chi connectivity index (χ1n) is 8.30. The van der Waals surface area contributed by atoms with Crippen LogP contribution >= 0.6 is 15.9 Å². The monoisotopic (exact) mass is 419 g/mol. The van der Waals surface area contributed by atoms with Gasteiger partial charge in [-0.05, 0) is 42.5 Å². The van der Waals surface area contributed by atoms with Crippen molar-refractivity contribution in [2.45, 2.75) is 0 Å². The number of carbonyl (C=O) groups is 1. The molecule has 0 aliphatic carbocycles.